The van der Waals surface area contributed by atoms with Gasteiger partial charge in [-0.15, -0.1) is 0 Å². The molecule has 3 rings (SSSR count). The summed E-state index contributed by atoms with van der Waals surface area (Å²) in [6, 6.07) is 15.3. The van der Waals surface area contributed by atoms with Crippen LogP contribution in [0.1, 0.15) is 16.2 Å². The zero-order chi connectivity index (χ0) is 19.2. The van der Waals surface area contributed by atoms with E-state index in [2.05, 4.69) is 9.97 Å². The number of carbonyl (C=O) groups is 1. The van der Waals surface area contributed by atoms with Crippen molar-refractivity contribution in [3.63, 3.8) is 0 Å². The summed E-state index contributed by atoms with van der Waals surface area (Å²) in [5.74, 6) is 0.327. The fourth-order valence-corrected chi connectivity index (χ4v) is 2.85. The molecule has 0 N–H and O–H groups in total. The highest BCUT2D eigenvalue weighted by molar-refractivity contribution is 5.98. The minimum absolute atomic E-state index is 0.133. The summed E-state index contributed by atoms with van der Waals surface area (Å²) < 4.78 is 5.41. The summed E-state index contributed by atoms with van der Waals surface area (Å²) in [7, 11) is 5.54. The first kappa shape index (κ1) is 18.8. The van der Waals surface area contributed by atoms with Gasteiger partial charge in [-0.25, -0.2) is 4.98 Å². The van der Waals surface area contributed by atoms with Gasteiger partial charge < -0.3 is 14.5 Å². The van der Waals surface area contributed by atoms with Gasteiger partial charge in [-0.05, 0) is 43.7 Å². The topological polar surface area (TPSA) is 58.6 Å². The Bertz CT molecular complexity index is 912. The van der Waals surface area contributed by atoms with Crippen molar-refractivity contribution >= 4 is 16.7 Å². The van der Waals surface area contributed by atoms with E-state index in [4.69, 9.17) is 4.74 Å². The zero-order valence-corrected chi connectivity index (χ0v) is 15.9. The maximum absolute atomic E-state index is 13.2. The van der Waals surface area contributed by atoms with Crippen LogP contribution in [0, 0.1) is 0 Å². The van der Waals surface area contributed by atoms with Gasteiger partial charge in [0.15, 0.2) is 0 Å². The Morgan fingerprint density at radius 3 is 2.56 bits per heavy atom. The third-order valence-corrected chi connectivity index (χ3v) is 4.30. The smallest absolute Gasteiger partial charge is 0.273 e. The monoisotopic (exact) mass is 364 g/mol. The van der Waals surface area contributed by atoms with Crippen molar-refractivity contribution in [2.24, 2.45) is 0 Å². The molecule has 2 heterocycles. The molecular formula is C21H24N4O2. The average molecular weight is 364 g/mol. The molecule has 140 valence electrons. The molecule has 1 amide bonds. The maximum atomic E-state index is 13.2. The second-order valence-electron chi connectivity index (χ2n) is 6.59. The van der Waals surface area contributed by atoms with Crippen LogP contribution in [-0.4, -0.2) is 60.0 Å². The Kier molecular flexibility index (Phi) is 5.98. The molecule has 3 aromatic rings. The number of ether oxygens (including phenoxy) is 1. The van der Waals surface area contributed by atoms with E-state index in [0.29, 0.717) is 24.7 Å². The lowest BCUT2D eigenvalue weighted by Crippen LogP contribution is -2.37. The Balaban J connectivity index is 1.93. The summed E-state index contributed by atoms with van der Waals surface area (Å²) in [4.78, 5) is 25.9. The Morgan fingerprint density at radius 1 is 1.07 bits per heavy atom. The molecule has 0 aliphatic rings. The van der Waals surface area contributed by atoms with Crippen LogP contribution in [0.15, 0.2) is 54.7 Å². The van der Waals surface area contributed by atoms with Crippen molar-refractivity contribution in [1.82, 2.24) is 19.8 Å². The largest absolute Gasteiger partial charge is 0.481 e. The number of carbonyl (C=O) groups excluding carboxylic acids is 1. The number of methoxy groups -OCH3 is 1. The van der Waals surface area contributed by atoms with Crippen molar-refractivity contribution in [3.8, 4) is 5.88 Å². The highest BCUT2D eigenvalue weighted by Crippen LogP contribution is 2.25. The van der Waals surface area contributed by atoms with Gasteiger partial charge >= 0.3 is 0 Å². The number of pyridine rings is 2. The first-order valence-electron chi connectivity index (χ1n) is 8.86. The lowest BCUT2D eigenvalue weighted by Gasteiger charge is -2.24. The molecular weight excluding hydrogens is 340 g/mol. The van der Waals surface area contributed by atoms with E-state index in [1.807, 2.05) is 67.5 Å². The lowest BCUT2D eigenvalue weighted by atomic mass is 10.1. The average Bonchev–Trinajstić information content (AvgIpc) is 2.70. The molecule has 0 unspecified atom stereocenters. The van der Waals surface area contributed by atoms with Gasteiger partial charge in [0.2, 0.25) is 5.88 Å². The summed E-state index contributed by atoms with van der Waals surface area (Å²) >= 11 is 0. The number of benzene rings is 1. The number of hydrogen-bond donors (Lipinski definition) is 0. The van der Waals surface area contributed by atoms with Crippen LogP contribution in [0.25, 0.3) is 10.8 Å². The summed E-state index contributed by atoms with van der Waals surface area (Å²) in [6.45, 7) is 1.77. The quantitative estimate of drug-likeness (QED) is 0.645. The van der Waals surface area contributed by atoms with E-state index in [1.165, 1.54) is 0 Å². The molecule has 6 nitrogen and oxygen atoms in total. The molecule has 0 aliphatic carbocycles. The molecule has 2 aromatic heterocycles. The normalized spacial score (nSPS) is 11.0. The number of amides is 1. The van der Waals surface area contributed by atoms with Crippen molar-refractivity contribution in [2.75, 3.05) is 34.3 Å². The summed E-state index contributed by atoms with van der Waals surface area (Å²) in [6.07, 6.45) is 1.74. The number of likely N-dealkylation sites (N-methyl/N-ethyl adjacent to an activating group) is 1. The molecule has 0 aliphatic heterocycles. The molecule has 6 heteroatoms. The van der Waals surface area contributed by atoms with Crippen molar-refractivity contribution in [2.45, 2.75) is 6.54 Å². The fraction of sp³-hybridized carbons (Fsp3) is 0.286. The van der Waals surface area contributed by atoms with Crippen LogP contribution in [-0.2, 0) is 6.54 Å². The number of hydrogen-bond acceptors (Lipinski definition) is 5. The highest BCUT2D eigenvalue weighted by atomic mass is 16.5. The van der Waals surface area contributed by atoms with Gasteiger partial charge in [-0.1, -0.05) is 24.3 Å². The highest BCUT2D eigenvalue weighted by Gasteiger charge is 2.20. The molecule has 27 heavy (non-hydrogen) atoms. The minimum Gasteiger partial charge on any atom is -0.481 e. The van der Waals surface area contributed by atoms with Gasteiger partial charge in [-0.3, -0.25) is 9.78 Å². The van der Waals surface area contributed by atoms with Crippen LogP contribution in [0.2, 0.25) is 0 Å². The lowest BCUT2D eigenvalue weighted by molar-refractivity contribution is 0.0723. The summed E-state index contributed by atoms with van der Waals surface area (Å²) in [5.41, 5.74) is 1.22. The molecule has 0 bridgehead atoms. The van der Waals surface area contributed by atoms with E-state index < -0.39 is 0 Å². The first-order valence-corrected chi connectivity index (χ1v) is 8.86. The number of fused-ring (bicyclic) bond motifs is 1. The van der Waals surface area contributed by atoms with Crippen LogP contribution < -0.4 is 4.74 Å². The second kappa shape index (κ2) is 8.60. The van der Waals surface area contributed by atoms with Gasteiger partial charge in [0.05, 0.1) is 19.3 Å². The fourth-order valence-electron chi connectivity index (χ4n) is 2.85. The summed E-state index contributed by atoms with van der Waals surface area (Å²) in [5, 5.41) is 1.82. The van der Waals surface area contributed by atoms with E-state index >= 15 is 0 Å². The third kappa shape index (κ3) is 4.60. The Morgan fingerprint density at radius 2 is 1.85 bits per heavy atom. The molecule has 0 atom stereocenters. The molecule has 0 radical (unpaired) electrons. The Labute approximate surface area is 159 Å². The van der Waals surface area contributed by atoms with E-state index in [1.54, 1.807) is 18.2 Å². The van der Waals surface area contributed by atoms with Crippen molar-refractivity contribution in [3.05, 3.63) is 66.1 Å². The van der Waals surface area contributed by atoms with E-state index in [0.717, 1.165) is 23.0 Å². The van der Waals surface area contributed by atoms with E-state index in [-0.39, 0.29) is 5.91 Å². The number of rotatable bonds is 7. The van der Waals surface area contributed by atoms with Gasteiger partial charge in [0, 0.05) is 24.7 Å². The van der Waals surface area contributed by atoms with Gasteiger partial charge in [0.1, 0.15) is 5.69 Å². The van der Waals surface area contributed by atoms with Gasteiger partial charge in [-0.2, -0.15) is 0 Å². The molecule has 0 saturated carbocycles. The molecule has 1 aromatic carbocycles. The van der Waals surface area contributed by atoms with Crippen LogP contribution in [0.3, 0.4) is 0 Å². The predicted octanol–water partition coefficient (Wildman–Crippen LogP) is 2.84. The standard InChI is InChI=1S/C21H24N4O2/c1-24(2)12-13-25(15-17-9-6-7-11-22-17)21(26)19-14-16-8-4-5-10-18(16)20(23-19)27-3/h4-11,14H,12-13,15H2,1-3H3. The molecule has 0 fully saturated rings. The van der Waals surface area contributed by atoms with Crippen LogP contribution >= 0.6 is 0 Å². The SMILES string of the molecule is COc1nc(C(=O)N(CCN(C)C)Cc2ccccn2)cc2ccccc12. The van der Waals surface area contributed by atoms with Crippen LogP contribution in [0.4, 0.5) is 0 Å². The third-order valence-electron chi connectivity index (χ3n) is 4.30. The molecule has 0 saturated heterocycles. The predicted molar refractivity (Wildman–Crippen MR) is 106 cm³/mol. The second-order valence-corrected chi connectivity index (χ2v) is 6.59. The Hall–Kier alpha value is -2.99. The first-order chi connectivity index (χ1) is 13.1. The van der Waals surface area contributed by atoms with Crippen LogP contribution in [0.5, 0.6) is 5.88 Å². The van der Waals surface area contributed by atoms with E-state index in [9.17, 15) is 4.79 Å². The van der Waals surface area contributed by atoms with Crippen molar-refractivity contribution in [1.29, 1.82) is 0 Å². The maximum Gasteiger partial charge on any atom is 0.273 e. The number of aromatic nitrogens is 2. The molecule has 0 spiro atoms. The number of nitrogens with zero attached hydrogens (tertiary/aromatic N) is 4. The zero-order valence-electron chi connectivity index (χ0n) is 15.9. The van der Waals surface area contributed by atoms with Gasteiger partial charge in [0.25, 0.3) is 5.91 Å². The van der Waals surface area contributed by atoms with Crippen molar-refractivity contribution < 1.29 is 9.53 Å². The minimum atomic E-state index is -0.133.